The number of alkyl carbamates (subject to hydrolysis) is 1. The Morgan fingerprint density at radius 2 is 1.42 bits per heavy atom. The zero-order chi connectivity index (χ0) is 22.9. The third-order valence-corrected chi connectivity index (χ3v) is 4.83. The quantitative estimate of drug-likeness (QED) is 0.443. The molecule has 10 heteroatoms. The average Bonchev–Trinajstić information content (AvgIpc) is 2.70. The maximum atomic E-state index is 13.3. The molecule has 1 atom stereocenters. The summed E-state index contributed by atoms with van der Waals surface area (Å²) in [5.74, 6) is -0.357. The Morgan fingerprint density at radius 3 is 1.84 bits per heavy atom. The van der Waals surface area contributed by atoms with Crippen LogP contribution in [0.15, 0.2) is 60.7 Å². The summed E-state index contributed by atoms with van der Waals surface area (Å²) in [6.07, 6.45) is -0.866. The molecule has 0 saturated carbocycles. The van der Waals surface area contributed by atoms with E-state index in [0.717, 1.165) is 7.11 Å². The topological polar surface area (TPSA) is 109 Å². The van der Waals surface area contributed by atoms with E-state index in [-0.39, 0.29) is 11.5 Å². The van der Waals surface area contributed by atoms with Crippen molar-refractivity contribution in [1.82, 2.24) is 5.32 Å². The van der Waals surface area contributed by atoms with Crippen molar-refractivity contribution >= 4 is 19.9 Å². The van der Waals surface area contributed by atoms with E-state index in [4.69, 9.17) is 18.3 Å². The summed E-state index contributed by atoms with van der Waals surface area (Å²) < 4.78 is 39.5. The Bertz CT molecular complexity index is 853. The molecule has 0 aliphatic rings. The number of amides is 1. The van der Waals surface area contributed by atoms with Gasteiger partial charge in [-0.3, -0.25) is 4.52 Å². The number of phosphoric acid groups is 1. The number of phosphoric ester groups is 1. The number of methoxy groups -OCH3 is 1. The Labute approximate surface area is 181 Å². The maximum absolute atomic E-state index is 13.3. The minimum atomic E-state index is -4.25. The lowest BCUT2D eigenvalue weighted by Gasteiger charge is -2.24. The molecule has 0 aliphatic carbocycles. The van der Waals surface area contributed by atoms with Gasteiger partial charge in [-0.05, 0) is 45.0 Å². The first-order valence-electron chi connectivity index (χ1n) is 9.41. The molecular formula is C21H26NO8P. The number of para-hydroxylation sites is 2. The van der Waals surface area contributed by atoms with Gasteiger partial charge in [0.1, 0.15) is 17.1 Å². The first-order valence-corrected chi connectivity index (χ1v) is 10.9. The standard InChI is InChI=1S/C21H26NO8P/c1-21(2,3)28-20(24)22-18(19(23)26-4)15-27-31(25,29-16-11-7-5-8-12-16)30-17-13-9-6-10-14-17/h5-14,18H,15H2,1-4H3,(H,22,24)/t18-/m0/s1. The van der Waals surface area contributed by atoms with E-state index in [1.54, 1.807) is 81.4 Å². The zero-order valence-electron chi connectivity index (χ0n) is 17.8. The second kappa shape index (κ2) is 10.8. The number of benzene rings is 2. The second-order valence-corrected chi connectivity index (χ2v) is 8.79. The van der Waals surface area contributed by atoms with Crippen LogP contribution in [-0.4, -0.2) is 37.4 Å². The van der Waals surface area contributed by atoms with Gasteiger partial charge in [0, 0.05) is 0 Å². The van der Waals surface area contributed by atoms with Crippen molar-refractivity contribution in [3.05, 3.63) is 60.7 Å². The lowest BCUT2D eigenvalue weighted by Crippen LogP contribution is -2.46. The van der Waals surface area contributed by atoms with Gasteiger partial charge in [0.15, 0.2) is 6.04 Å². The third-order valence-electron chi connectivity index (χ3n) is 3.50. The highest BCUT2D eigenvalue weighted by atomic mass is 31.2. The summed E-state index contributed by atoms with van der Waals surface area (Å²) in [6, 6.07) is 15.2. The molecule has 2 aromatic rings. The average molecular weight is 451 g/mol. The van der Waals surface area contributed by atoms with E-state index in [1.165, 1.54) is 0 Å². The van der Waals surface area contributed by atoms with Crippen LogP contribution in [0.25, 0.3) is 0 Å². The summed E-state index contributed by atoms with van der Waals surface area (Å²) in [7, 11) is -3.11. The molecule has 1 N–H and O–H groups in total. The summed E-state index contributed by atoms with van der Waals surface area (Å²) >= 11 is 0. The van der Waals surface area contributed by atoms with Crippen LogP contribution in [0.2, 0.25) is 0 Å². The van der Waals surface area contributed by atoms with Crippen LogP contribution in [0, 0.1) is 0 Å². The van der Waals surface area contributed by atoms with Crippen molar-refractivity contribution < 1.29 is 37.2 Å². The molecular weight excluding hydrogens is 425 g/mol. The van der Waals surface area contributed by atoms with E-state index < -0.39 is 38.1 Å². The van der Waals surface area contributed by atoms with Crippen molar-refractivity contribution in [1.29, 1.82) is 0 Å². The van der Waals surface area contributed by atoms with Crippen LogP contribution in [0.5, 0.6) is 11.5 Å². The van der Waals surface area contributed by atoms with Gasteiger partial charge >= 0.3 is 19.9 Å². The zero-order valence-corrected chi connectivity index (χ0v) is 18.7. The van der Waals surface area contributed by atoms with Crippen LogP contribution < -0.4 is 14.4 Å². The monoisotopic (exact) mass is 451 g/mol. The lowest BCUT2D eigenvalue weighted by atomic mass is 10.2. The highest BCUT2D eigenvalue weighted by Gasteiger charge is 2.35. The summed E-state index contributed by atoms with van der Waals surface area (Å²) in [5, 5.41) is 2.33. The van der Waals surface area contributed by atoms with Crippen LogP contribution in [0.4, 0.5) is 4.79 Å². The second-order valence-electron chi connectivity index (χ2n) is 7.27. The molecule has 0 spiro atoms. The predicted molar refractivity (Wildman–Crippen MR) is 113 cm³/mol. The summed E-state index contributed by atoms with van der Waals surface area (Å²) in [4.78, 5) is 24.2. The van der Waals surface area contributed by atoms with E-state index >= 15 is 0 Å². The number of hydrogen-bond acceptors (Lipinski definition) is 8. The van der Waals surface area contributed by atoms with Crippen LogP contribution in [0.3, 0.4) is 0 Å². The minimum Gasteiger partial charge on any atom is -0.467 e. The number of carbonyl (C=O) groups is 2. The van der Waals surface area contributed by atoms with Gasteiger partial charge in [0.2, 0.25) is 0 Å². The normalized spacial score (nSPS) is 12.4. The fourth-order valence-corrected chi connectivity index (χ4v) is 3.45. The number of rotatable bonds is 9. The molecule has 1 amide bonds. The van der Waals surface area contributed by atoms with Crippen molar-refractivity contribution in [2.45, 2.75) is 32.4 Å². The Hall–Kier alpha value is -3.03. The van der Waals surface area contributed by atoms with Gasteiger partial charge in [-0.2, -0.15) is 0 Å². The smallest absolute Gasteiger partial charge is 0.467 e. The third kappa shape index (κ3) is 8.70. The minimum absolute atomic E-state index is 0.233. The molecule has 9 nitrogen and oxygen atoms in total. The summed E-state index contributed by atoms with van der Waals surface area (Å²) in [5.41, 5.74) is -0.784. The first-order chi connectivity index (χ1) is 14.6. The van der Waals surface area contributed by atoms with Crippen molar-refractivity contribution in [3.8, 4) is 11.5 Å². The van der Waals surface area contributed by atoms with E-state index in [2.05, 4.69) is 10.1 Å². The van der Waals surface area contributed by atoms with Gasteiger partial charge < -0.3 is 23.8 Å². The van der Waals surface area contributed by atoms with Crippen molar-refractivity contribution in [2.24, 2.45) is 0 Å². The molecule has 0 radical (unpaired) electrons. The molecule has 0 unspecified atom stereocenters. The molecule has 31 heavy (non-hydrogen) atoms. The Balaban J connectivity index is 2.17. The van der Waals surface area contributed by atoms with E-state index in [1.807, 2.05) is 0 Å². The molecule has 0 aliphatic heterocycles. The number of esters is 1. The number of ether oxygens (including phenoxy) is 2. The molecule has 0 fully saturated rings. The number of nitrogens with one attached hydrogen (secondary N) is 1. The number of hydrogen-bond donors (Lipinski definition) is 1. The van der Waals surface area contributed by atoms with Crippen LogP contribution in [0.1, 0.15) is 20.8 Å². The van der Waals surface area contributed by atoms with Crippen molar-refractivity contribution in [3.63, 3.8) is 0 Å². The highest BCUT2D eigenvalue weighted by molar-refractivity contribution is 7.49. The Morgan fingerprint density at radius 1 is 0.935 bits per heavy atom. The SMILES string of the molecule is COC(=O)[C@H](COP(=O)(Oc1ccccc1)Oc1ccccc1)NC(=O)OC(C)(C)C. The predicted octanol–water partition coefficient (Wildman–Crippen LogP) is 4.34. The molecule has 0 heterocycles. The van der Waals surface area contributed by atoms with Crippen LogP contribution >= 0.6 is 7.82 Å². The van der Waals surface area contributed by atoms with E-state index in [9.17, 15) is 14.2 Å². The Kier molecular flexibility index (Phi) is 8.47. The summed E-state index contributed by atoms with van der Waals surface area (Å²) in [6.45, 7) is 4.46. The molecule has 0 bridgehead atoms. The molecule has 2 rings (SSSR count). The fourth-order valence-electron chi connectivity index (χ4n) is 2.22. The van der Waals surface area contributed by atoms with Gasteiger partial charge in [0.25, 0.3) is 0 Å². The van der Waals surface area contributed by atoms with Gasteiger partial charge in [-0.25, -0.2) is 14.2 Å². The lowest BCUT2D eigenvalue weighted by molar-refractivity contribution is -0.144. The molecule has 2 aromatic carbocycles. The highest BCUT2D eigenvalue weighted by Crippen LogP contribution is 2.49. The molecule has 0 aromatic heterocycles. The van der Waals surface area contributed by atoms with Gasteiger partial charge in [0.05, 0.1) is 13.7 Å². The molecule has 168 valence electrons. The van der Waals surface area contributed by atoms with Gasteiger partial charge in [-0.1, -0.05) is 36.4 Å². The van der Waals surface area contributed by atoms with Crippen LogP contribution in [-0.2, 0) is 23.4 Å². The largest absolute Gasteiger partial charge is 0.587 e. The maximum Gasteiger partial charge on any atom is 0.587 e. The first kappa shape index (κ1) is 24.2. The van der Waals surface area contributed by atoms with E-state index in [0.29, 0.717) is 0 Å². The van der Waals surface area contributed by atoms with Gasteiger partial charge in [-0.15, -0.1) is 0 Å². The number of carbonyl (C=O) groups excluding carboxylic acids is 2. The van der Waals surface area contributed by atoms with Crippen molar-refractivity contribution in [2.75, 3.05) is 13.7 Å². The fraction of sp³-hybridized carbons (Fsp3) is 0.333. The molecule has 0 saturated heterocycles.